The molecule has 1 aliphatic carbocycles. The van der Waals surface area contributed by atoms with E-state index in [0.717, 1.165) is 40.8 Å². The Hall–Kier alpha value is -2.99. The van der Waals surface area contributed by atoms with Crippen molar-refractivity contribution in [1.82, 2.24) is 25.0 Å². The number of nitrogens with zero attached hydrogens (tertiary/aromatic N) is 5. The molecule has 140 valence electrons. The van der Waals surface area contributed by atoms with Gasteiger partial charge in [0.25, 0.3) is 0 Å². The Labute approximate surface area is 167 Å². The van der Waals surface area contributed by atoms with Crippen molar-refractivity contribution in [3.8, 4) is 11.4 Å². The average Bonchev–Trinajstić information content (AvgIpc) is 3.36. The van der Waals surface area contributed by atoms with Crippen LogP contribution in [0.2, 0.25) is 5.02 Å². The summed E-state index contributed by atoms with van der Waals surface area (Å²) < 4.78 is 6.96. The van der Waals surface area contributed by atoms with Crippen LogP contribution in [0.25, 0.3) is 16.9 Å². The molecule has 2 atom stereocenters. The topological polar surface area (TPSA) is 65.7 Å². The van der Waals surface area contributed by atoms with Crippen molar-refractivity contribution in [2.24, 2.45) is 5.92 Å². The molecule has 0 aliphatic heterocycles. The maximum absolute atomic E-state index is 5.99. The second-order valence-corrected chi connectivity index (χ2v) is 7.49. The van der Waals surface area contributed by atoms with Crippen molar-refractivity contribution >= 4 is 22.8 Å². The first-order valence-corrected chi connectivity index (χ1v) is 9.56. The third kappa shape index (κ3) is 3.20. The number of rotatable bonds is 5. The highest BCUT2D eigenvalue weighted by Crippen LogP contribution is 2.49. The van der Waals surface area contributed by atoms with Gasteiger partial charge in [0.2, 0.25) is 0 Å². The molecule has 1 fully saturated rings. The molecule has 2 unspecified atom stereocenters. The second-order valence-electron chi connectivity index (χ2n) is 7.05. The van der Waals surface area contributed by atoms with Crippen molar-refractivity contribution in [3.63, 3.8) is 0 Å². The summed E-state index contributed by atoms with van der Waals surface area (Å²) in [5, 5.41) is 9.20. The smallest absolute Gasteiger partial charge is 0.187 e. The lowest BCUT2D eigenvalue weighted by molar-refractivity contribution is 0.414. The molecule has 2 aromatic carbocycles. The molecule has 1 saturated carbocycles. The summed E-state index contributed by atoms with van der Waals surface area (Å²) in [7, 11) is 1.65. The van der Waals surface area contributed by atoms with Gasteiger partial charge in [-0.25, -0.2) is 9.97 Å². The van der Waals surface area contributed by atoms with E-state index in [4.69, 9.17) is 21.3 Å². The Kier molecular flexibility index (Phi) is 4.20. The standard InChI is InChI=1S/C21H18ClN5O/c1-28-17-8-6-16(7-9-17)27-21-19(25-26-27)12-23-20(24-21)11-14-10-18(14)13-2-4-15(22)5-3-13/h2-9,12,14,18H,10-11H2,1H3. The number of aromatic nitrogens is 5. The van der Waals surface area contributed by atoms with Gasteiger partial charge < -0.3 is 4.74 Å². The highest BCUT2D eigenvalue weighted by Gasteiger charge is 2.38. The molecule has 0 radical (unpaired) electrons. The Bertz CT molecular complexity index is 1120. The van der Waals surface area contributed by atoms with Gasteiger partial charge in [0, 0.05) is 11.4 Å². The first-order chi connectivity index (χ1) is 13.7. The normalized spacial score (nSPS) is 18.4. The zero-order valence-corrected chi connectivity index (χ0v) is 16.0. The molecule has 7 heteroatoms. The fourth-order valence-corrected chi connectivity index (χ4v) is 3.71. The first-order valence-electron chi connectivity index (χ1n) is 9.18. The van der Waals surface area contributed by atoms with E-state index in [1.54, 1.807) is 18.0 Å². The lowest BCUT2D eigenvalue weighted by Crippen LogP contribution is -2.02. The fraction of sp³-hybridized carbons (Fsp3) is 0.238. The van der Waals surface area contributed by atoms with E-state index in [-0.39, 0.29) is 0 Å². The Morgan fingerprint density at radius 3 is 2.64 bits per heavy atom. The Morgan fingerprint density at radius 2 is 1.89 bits per heavy atom. The van der Waals surface area contributed by atoms with Crippen molar-refractivity contribution in [1.29, 1.82) is 0 Å². The number of methoxy groups -OCH3 is 1. The number of benzene rings is 2. The van der Waals surface area contributed by atoms with Crippen LogP contribution in [0.4, 0.5) is 0 Å². The van der Waals surface area contributed by atoms with Crippen molar-refractivity contribution in [2.45, 2.75) is 18.8 Å². The van der Waals surface area contributed by atoms with Crippen LogP contribution in [0.15, 0.2) is 54.7 Å². The minimum Gasteiger partial charge on any atom is -0.497 e. The molecule has 5 rings (SSSR count). The lowest BCUT2D eigenvalue weighted by Gasteiger charge is -2.05. The molecule has 6 nitrogen and oxygen atoms in total. The summed E-state index contributed by atoms with van der Waals surface area (Å²) in [5.74, 6) is 2.74. The van der Waals surface area contributed by atoms with Gasteiger partial charge in [-0.05, 0) is 60.2 Å². The molecule has 2 heterocycles. The summed E-state index contributed by atoms with van der Waals surface area (Å²) in [6.45, 7) is 0. The van der Waals surface area contributed by atoms with Gasteiger partial charge >= 0.3 is 0 Å². The third-order valence-corrected chi connectivity index (χ3v) is 5.48. The van der Waals surface area contributed by atoms with E-state index in [9.17, 15) is 0 Å². The first kappa shape index (κ1) is 17.1. The molecule has 0 N–H and O–H groups in total. The number of hydrogen-bond acceptors (Lipinski definition) is 5. The molecular weight excluding hydrogens is 374 g/mol. The lowest BCUT2D eigenvalue weighted by atomic mass is 10.1. The predicted molar refractivity (Wildman–Crippen MR) is 107 cm³/mol. The van der Waals surface area contributed by atoms with E-state index in [1.165, 1.54) is 5.56 Å². The summed E-state index contributed by atoms with van der Waals surface area (Å²) in [6, 6.07) is 15.8. The maximum atomic E-state index is 5.99. The highest BCUT2D eigenvalue weighted by atomic mass is 35.5. The Morgan fingerprint density at radius 1 is 1.11 bits per heavy atom. The van der Waals surface area contributed by atoms with E-state index in [2.05, 4.69) is 27.4 Å². The van der Waals surface area contributed by atoms with Gasteiger partial charge in [0.1, 0.15) is 11.6 Å². The van der Waals surface area contributed by atoms with Crippen LogP contribution < -0.4 is 4.74 Å². The molecule has 0 amide bonds. The van der Waals surface area contributed by atoms with Crippen LogP contribution in [0.3, 0.4) is 0 Å². The minimum atomic E-state index is 0.557. The van der Waals surface area contributed by atoms with Crippen LogP contribution in [-0.4, -0.2) is 32.1 Å². The van der Waals surface area contributed by atoms with Gasteiger partial charge in [0.05, 0.1) is 19.0 Å². The van der Waals surface area contributed by atoms with Crippen LogP contribution in [0.1, 0.15) is 23.7 Å². The summed E-state index contributed by atoms with van der Waals surface area (Å²) in [4.78, 5) is 9.25. The van der Waals surface area contributed by atoms with Crippen molar-refractivity contribution in [2.75, 3.05) is 7.11 Å². The monoisotopic (exact) mass is 391 g/mol. The summed E-state index contributed by atoms with van der Waals surface area (Å²) >= 11 is 5.99. The largest absolute Gasteiger partial charge is 0.497 e. The van der Waals surface area contributed by atoms with Crippen molar-refractivity contribution < 1.29 is 4.74 Å². The number of ether oxygens (including phenoxy) is 1. The number of halogens is 1. The van der Waals surface area contributed by atoms with Crippen LogP contribution in [-0.2, 0) is 6.42 Å². The molecule has 0 bridgehead atoms. The SMILES string of the molecule is COc1ccc(-n2nnc3cnc(CC4CC4c4ccc(Cl)cc4)nc32)cc1. The minimum absolute atomic E-state index is 0.557. The van der Waals surface area contributed by atoms with Gasteiger partial charge in [-0.15, -0.1) is 5.10 Å². The molecule has 1 aliphatic rings. The molecule has 2 aromatic heterocycles. The fourth-order valence-electron chi connectivity index (χ4n) is 3.59. The average molecular weight is 392 g/mol. The van der Waals surface area contributed by atoms with E-state index >= 15 is 0 Å². The number of hydrogen-bond donors (Lipinski definition) is 0. The zero-order valence-electron chi connectivity index (χ0n) is 15.3. The number of fused-ring (bicyclic) bond motifs is 1. The summed E-state index contributed by atoms with van der Waals surface area (Å²) in [6.07, 6.45) is 3.75. The summed E-state index contributed by atoms with van der Waals surface area (Å²) in [5.41, 5.74) is 3.63. The molecule has 28 heavy (non-hydrogen) atoms. The molecular formula is C21H18ClN5O. The highest BCUT2D eigenvalue weighted by molar-refractivity contribution is 6.30. The molecule has 0 spiro atoms. The van der Waals surface area contributed by atoms with Crippen LogP contribution in [0.5, 0.6) is 5.75 Å². The maximum Gasteiger partial charge on any atom is 0.187 e. The van der Waals surface area contributed by atoms with Gasteiger partial charge in [-0.2, -0.15) is 4.68 Å². The second kappa shape index (κ2) is 6.87. The van der Waals surface area contributed by atoms with Crippen LogP contribution in [0, 0.1) is 5.92 Å². The zero-order chi connectivity index (χ0) is 19.1. The van der Waals surface area contributed by atoms with Gasteiger partial charge in [0.15, 0.2) is 11.2 Å². The van der Waals surface area contributed by atoms with E-state index < -0.39 is 0 Å². The van der Waals surface area contributed by atoms with Crippen molar-refractivity contribution in [3.05, 3.63) is 71.1 Å². The molecule has 0 saturated heterocycles. The van der Waals surface area contributed by atoms with E-state index in [0.29, 0.717) is 17.4 Å². The Balaban J connectivity index is 1.38. The predicted octanol–water partition coefficient (Wildman–Crippen LogP) is 4.22. The molecule has 4 aromatic rings. The van der Waals surface area contributed by atoms with Crippen LogP contribution >= 0.6 is 11.6 Å². The third-order valence-electron chi connectivity index (χ3n) is 5.22. The van der Waals surface area contributed by atoms with E-state index in [1.807, 2.05) is 36.4 Å². The quantitative estimate of drug-likeness (QED) is 0.509. The van der Waals surface area contributed by atoms with Gasteiger partial charge in [-0.3, -0.25) is 0 Å². The van der Waals surface area contributed by atoms with Gasteiger partial charge in [-0.1, -0.05) is 28.9 Å².